The largest absolute Gasteiger partial charge is 0.348 e. The summed E-state index contributed by atoms with van der Waals surface area (Å²) in [7, 11) is 3.45. The van der Waals surface area contributed by atoms with E-state index in [0.29, 0.717) is 5.95 Å². The summed E-state index contributed by atoms with van der Waals surface area (Å²) in [6.45, 7) is 3.81. The summed E-state index contributed by atoms with van der Waals surface area (Å²) < 4.78 is 42.3. The summed E-state index contributed by atoms with van der Waals surface area (Å²) in [4.78, 5) is 21.3. The van der Waals surface area contributed by atoms with E-state index < -0.39 is 24.2 Å². The van der Waals surface area contributed by atoms with E-state index in [1.807, 2.05) is 13.8 Å². The average Bonchev–Trinajstić information content (AvgIpc) is 3.00. The lowest BCUT2D eigenvalue weighted by Gasteiger charge is -2.23. The molecule has 9 heteroatoms. The number of hydrogen-bond donors (Lipinski definition) is 1. The van der Waals surface area contributed by atoms with Gasteiger partial charge in [0.05, 0.1) is 6.04 Å². The van der Waals surface area contributed by atoms with Gasteiger partial charge in [0.2, 0.25) is 5.95 Å². The predicted octanol–water partition coefficient (Wildman–Crippen LogP) is 4.01. The van der Waals surface area contributed by atoms with Crippen molar-refractivity contribution in [1.29, 1.82) is 0 Å². The maximum atomic E-state index is 13.6. The van der Waals surface area contributed by atoms with Gasteiger partial charge in [-0.15, -0.1) is 0 Å². The fourth-order valence-electron chi connectivity index (χ4n) is 3.38. The van der Waals surface area contributed by atoms with E-state index in [-0.39, 0.29) is 28.2 Å². The molecule has 1 N–H and O–H groups in total. The van der Waals surface area contributed by atoms with E-state index >= 15 is 0 Å². The maximum absolute atomic E-state index is 13.6. The number of fused-ring (bicyclic) bond motifs is 1. The first kappa shape index (κ1) is 20.9. The Kier molecular flexibility index (Phi) is 5.42. The van der Waals surface area contributed by atoms with E-state index in [2.05, 4.69) is 15.1 Å². The van der Waals surface area contributed by atoms with Crippen LogP contribution < -0.4 is 10.5 Å². The standard InChI is InChI=1S/C20H24F3N5O/c1-11(2)16(12-6-8-13(9-7-12)20(3,22)23)28-17-15(14(10-21)26-28)18(29)25-19(24-17)27(4)5/h6-9,11,16H,10H2,1-5H3,(H,24,25,29)/t16-/m0/s1. The van der Waals surface area contributed by atoms with Crippen molar-refractivity contribution >= 4 is 17.0 Å². The molecular weight excluding hydrogens is 383 g/mol. The fourth-order valence-corrected chi connectivity index (χ4v) is 3.38. The number of benzene rings is 1. The van der Waals surface area contributed by atoms with Gasteiger partial charge in [0.15, 0.2) is 5.65 Å². The van der Waals surface area contributed by atoms with Gasteiger partial charge in [-0.05, 0) is 11.5 Å². The van der Waals surface area contributed by atoms with Crippen molar-refractivity contribution in [2.75, 3.05) is 19.0 Å². The molecule has 0 aliphatic heterocycles. The summed E-state index contributed by atoms with van der Waals surface area (Å²) in [5, 5.41) is 4.43. The Balaban J connectivity index is 2.23. The SMILES string of the molecule is CC(C)[C@@H](c1ccc(C(C)(F)F)cc1)n1nc(CF)c2c(=O)[nH]c(N(C)C)nc21. The molecule has 0 radical (unpaired) electrons. The maximum Gasteiger partial charge on any atom is 0.270 e. The van der Waals surface area contributed by atoms with Crippen molar-refractivity contribution in [3.63, 3.8) is 0 Å². The van der Waals surface area contributed by atoms with Crippen molar-refractivity contribution in [2.45, 2.75) is 39.4 Å². The molecule has 156 valence electrons. The molecule has 0 unspecified atom stereocenters. The number of nitrogens with zero attached hydrogens (tertiary/aromatic N) is 4. The molecule has 3 aromatic rings. The summed E-state index contributed by atoms with van der Waals surface area (Å²) in [5.74, 6) is -2.65. The van der Waals surface area contributed by atoms with Crippen molar-refractivity contribution in [3.05, 3.63) is 51.4 Å². The topological polar surface area (TPSA) is 66.8 Å². The summed E-state index contributed by atoms with van der Waals surface area (Å²) >= 11 is 0. The average molecular weight is 407 g/mol. The molecule has 0 saturated heterocycles. The van der Waals surface area contributed by atoms with Crippen LogP contribution in [0.5, 0.6) is 0 Å². The number of aromatic nitrogens is 4. The first-order chi connectivity index (χ1) is 13.5. The molecule has 0 aliphatic rings. The van der Waals surface area contributed by atoms with Crippen LogP contribution in [0.2, 0.25) is 0 Å². The molecular formula is C20H24F3N5O. The lowest BCUT2D eigenvalue weighted by atomic mass is 9.94. The number of halogens is 3. The van der Waals surface area contributed by atoms with Crippen LogP contribution in [-0.4, -0.2) is 33.8 Å². The molecule has 2 heterocycles. The van der Waals surface area contributed by atoms with Crippen molar-refractivity contribution in [2.24, 2.45) is 5.92 Å². The Morgan fingerprint density at radius 1 is 1.21 bits per heavy atom. The van der Waals surface area contributed by atoms with Crippen molar-refractivity contribution in [1.82, 2.24) is 19.7 Å². The molecule has 2 aromatic heterocycles. The molecule has 1 aromatic carbocycles. The second-order valence-corrected chi connectivity index (χ2v) is 7.71. The third kappa shape index (κ3) is 3.86. The molecule has 0 spiro atoms. The third-order valence-corrected chi connectivity index (χ3v) is 4.83. The highest BCUT2D eigenvalue weighted by Gasteiger charge is 2.28. The number of H-pyrrole nitrogens is 1. The molecule has 0 bridgehead atoms. The quantitative estimate of drug-likeness (QED) is 0.670. The van der Waals surface area contributed by atoms with Crippen LogP contribution >= 0.6 is 0 Å². The smallest absolute Gasteiger partial charge is 0.270 e. The van der Waals surface area contributed by atoms with Crippen LogP contribution in [0.15, 0.2) is 29.1 Å². The van der Waals surface area contributed by atoms with E-state index in [9.17, 15) is 18.0 Å². The van der Waals surface area contributed by atoms with Gasteiger partial charge in [0.25, 0.3) is 11.5 Å². The summed E-state index contributed by atoms with van der Waals surface area (Å²) in [6.07, 6.45) is 0. The number of nitrogens with one attached hydrogen (secondary N) is 1. The third-order valence-electron chi connectivity index (χ3n) is 4.83. The zero-order chi connectivity index (χ0) is 21.5. The molecule has 0 saturated carbocycles. The highest BCUT2D eigenvalue weighted by molar-refractivity contribution is 5.78. The lowest BCUT2D eigenvalue weighted by Crippen LogP contribution is -2.22. The second-order valence-electron chi connectivity index (χ2n) is 7.71. The fraction of sp³-hybridized carbons (Fsp3) is 0.450. The second kappa shape index (κ2) is 7.53. The number of hydrogen-bond acceptors (Lipinski definition) is 4. The highest BCUT2D eigenvalue weighted by atomic mass is 19.3. The zero-order valence-corrected chi connectivity index (χ0v) is 17.0. The summed E-state index contributed by atoms with van der Waals surface area (Å²) in [5.41, 5.74) is 0.412. The number of aromatic amines is 1. The van der Waals surface area contributed by atoms with Crippen LogP contribution in [0, 0.1) is 5.92 Å². The van der Waals surface area contributed by atoms with Gasteiger partial charge in [0, 0.05) is 26.6 Å². The van der Waals surface area contributed by atoms with E-state index in [1.54, 1.807) is 31.1 Å². The van der Waals surface area contributed by atoms with Gasteiger partial charge in [-0.2, -0.15) is 10.1 Å². The van der Waals surface area contributed by atoms with Crippen LogP contribution in [-0.2, 0) is 12.6 Å². The number of anilines is 1. The first-order valence-corrected chi connectivity index (χ1v) is 9.27. The minimum absolute atomic E-state index is 0.00131. The lowest BCUT2D eigenvalue weighted by molar-refractivity contribution is 0.0174. The van der Waals surface area contributed by atoms with E-state index in [0.717, 1.165) is 12.5 Å². The van der Waals surface area contributed by atoms with Crippen LogP contribution in [0.4, 0.5) is 19.1 Å². The molecule has 1 atom stereocenters. The minimum atomic E-state index is -2.94. The van der Waals surface area contributed by atoms with Crippen LogP contribution in [0.3, 0.4) is 0 Å². The van der Waals surface area contributed by atoms with E-state index in [1.165, 1.54) is 16.8 Å². The Bertz CT molecular complexity index is 1060. The zero-order valence-electron chi connectivity index (χ0n) is 17.0. The molecule has 3 rings (SSSR count). The summed E-state index contributed by atoms with van der Waals surface area (Å²) in [6, 6.07) is 5.55. The van der Waals surface area contributed by atoms with Gasteiger partial charge in [-0.3, -0.25) is 9.78 Å². The van der Waals surface area contributed by atoms with Crippen molar-refractivity contribution < 1.29 is 13.2 Å². The Morgan fingerprint density at radius 3 is 2.31 bits per heavy atom. The number of alkyl halides is 3. The minimum Gasteiger partial charge on any atom is -0.348 e. The number of rotatable bonds is 6. The van der Waals surface area contributed by atoms with Crippen LogP contribution in [0.1, 0.15) is 43.6 Å². The first-order valence-electron chi connectivity index (χ1n) is 9.27. The van der Waals surface area contributed by atoms with Gasteiger partial charge in [-0.1, -0.05) is 38.1 Å². The van der Waals surface area contributed by atoms with E-state index in [4.69, 9.17) is 0 Å². The molecule has 0 fully saturated rings. The molecule has 0 amide bonds. The van der Waals surface area contributed by atoms with Gasteiger partial charge in [-0.25, -0.2) is 17.9 Å². The predicted molar refractivity (Wildman–Crippen MR) is 106 cm³/mol. The normalized spacial score (nSPS) is 13.3. The van der Waals surface area contributed by atoms with Gasteiger partial charge < -0.3 is 4.90 Å². The monoisotopic (exact) mass is 407 g/mol. The Morgan fingerprint density at radius 2 is 1.83 bits per heavy atom. The Labute approximate surface area is 166 Å². The highest BCUT2D eigenvalue weighted by Crippen LogP contribution is 2.33. The van der Waals surface area contributed by atoms with Gasteiger partial charge in [0.1, 0.15) is 17.8 Å². The van der Waals surface area contributed by atoms with Gasteiger partial charge >= 0.3 is 0 Å². The Hall–Kier alpha value is -2.84. The van der Waals surface area contributed by atoms with Crippen LogP contribution in [0.25, 0.3) is 11.0 Å². The molecule has 0 aliphatic carbocycles. The molecule has 6 nitrogen and oxygen atoms in total. The molecule has 29 heavy (non-hydrogen) atoms. The van der Waals surface area contributed by atoms with Crippen molar-refractivity contribution in [3.8, 4) is 0 Å².